The molecule has 1 saturated heterocycles. The molecule has 0 amide bonds. The van der Waals surface area contributed by atoms with Crippen molar-refractivity contribution in [3.8, 4) is 17.3 Å². The lowest BCUT2D eigenvalue weighted by Crippen LogP contribution is -2.58. The molecule has 1 aromatic carbocycles. The Balaban J connectivity index is 1.47. The molecule has 0 aliphatic carbocycles. The first kappa shape index (κ1) is 26.4. The standard InChI is InChI=1S/C27H24F2N10O2S/c1-11-34-17(37-41-11)6-33-26-20-15-10-40-9-14(15)18(22-19-13(4-30)25(31)42-24(19)16(28)5-32-22)21(29)23(20)35-27(36-26)39-7-12(8-39)38(2)3/h5,12H,6-10,31H2,1-3H3,(H,33,35,36). The maximum Gasteiger partial charge on any atom is 0.228 e. The Morgan fingerprint density at radius 1 is 1.19 bits per heavy atom. The Labute approximate surface area is 241 Å². The molecule has 0 spiro atoms. The maximum atomic E-state index is 16.9. The summed E-state index contributed by atoms with van der Waals surface area (Å²) in [6.07, 6.45) is 1.02. The number of aromatic nitrogens is 5. The number of nitriles is 1. The van der Waals surface area contributed by atoms with Crippen LogP contribution in [0.1, 0.15) is 28.4 Å². The third-order valence-corrected chi connectivity index (χ3v) is 8.72. The van der Waals surface area contributed by atoms with Crippen LogP contribution in [0.3, 0.4) is 0 Å². The molecule has 0 saturated carbocycles. The maximum absolute atomic E-state index is 16.9. The Kier molecular flexibility index (Phi) is 6.15. The van der Waals surface area contributed by atoms with Crippen LogP contribution in [0.2, 0.25) is 0 Å². The van der Waals surface area contributed by atoms with Gasteiger partial charge in [0.05, 0.1) is 47.3 Å². The molecule has 6 heterocycles. The lowest BCUT2D eigenvalue weighted by molar-refractivity contribution is 0.135. The summed E-state index contributed by atoms with van der Waals surface area (Å²) in [6, 6.07) is 2.34. The van der Waals surface area contributed by atoms with Crippen molar-refractivity contribution in [1.82, 2.24) is 30.0 Å². The molecular formula is C27H24F2N10O2S. The number of ether oxygens (including phenoxy) is 1. The van der Waals surface area contributed by atoms with Gasteiger partial charge in [0.2, 0.25) is 11.8 Å². The number of pyridine rings is 1. The van der Waals surface area contributed by atoms with Gasteiger partial charge in [0.1, 0.15) is 22.4 Å². The number of anilines is 3. The van der Waals surface area contributed by atoms with Crippen molar-refractivity contribution in [2.24, 2.45) is 0 Å². The van der Waals surface area contributed by atoms with Crippen LogP contribution in [0.15, 0.2) is 10.7 Å². The van der Waals surface area contributed by atoms with Crippen molar-refractivity contribution in [1.29, 1.82) is 5.26 Å². The number of aryl methyl sites for hydroxylation is 1. The molecule has 0 bridgehead atoms. The first-order chi connectivity index (χ1) is 20.2. The van der Waals surface area contributed by atoms with Gasteiger partial charge in [-0.15, -0.1) is 11.3 Å². The molecule has 7 rings (SSSR count). The van der Waals surface area contributed by atoms with Gasteiger partial charge in [0.25, 0.3) is 0 Å². The van der Waals surface area contributed by atoms with Crippen LogP contribution in [0.4, 0.5) is 25.5 Å². The van der Waals surface area contributed by atoms with Crippen LogP contribution in [0.5, 0.6) is 0 Å². The van der Waals surface area contributed by atoms with Crippen molar-refractivity contribution in [2.75, 3.05) is 43.1 Å². The second-order valence-corrected chi connectivity index (χ2v) is 11.5. The molecule has 3 N–H and O–H groups in total. The van der Waals surface area contributed by atoms with Crippen molar-refractivity contribution < 1.29 is 18.0 Å². The fraction of sp³-hybridized carbons (Fsp3) is 0.333. The zero-order valence-electron chi connectivity index (χ0n) is 22.8. The van der Waals surface area contributed by atoms with Crippen LogP contribution >= 0.6 is 11.3 Å². The van der Waals surface area contributed by atoms with Gasteiger partial charge in [-0.05, 0) is 25.2 Å². The van der Waals surface area contributed by atoms with Crippen molar-refractivity contribution in [3.63, 3.8) is 0 Å². The van der Waals surface area contributed by atoms with Crippen molar-refractivity contribution in [3.05, 3.63) is 46.2 Å². The number of hydrogen-bond acceptors (Lipinski definition) is 13. The number of halogens is 2. The Morgan fingerprint density at radius 3 is 2.69 bits per heavy atom. The molecule has 0 unspecified atom stereocenters. The summed E-state index contributed by atoms with van der Waals surface area (Å²) >= 11 is 0.930. The summed E-state index contributed by atoms with van der Waals surface area (Å²) in [5.74, 6) is 0.277. The highest BCUT2D eigenvalue weighted by atomic mass is 32.1. The largest absolute Gasteiger partial charge is 0.389 e. The van der Waals surface area contributed by atoms with E-state index < -0.39 is 11.6 Å². The predicted molar refractivity (Wildman–Crippen MR) is 152 cm³/mol. The monoisotopic (exact) mass is 590 g/mol. The molecule has 214 valence electrons. The molecular weight excluding hydrogens is 566 g/mol. The lowest BCUT2D eigenvalue weighted by atomic mass is 9.93. The molecule has 0 radical (unpaired) electrons. The number of hydrogen-bond donors (Lipinski definition) is 2. The van der Waals surface area contributed by atoms with E-state index in [-0.39, 0.29) is 57.2 Å². The van der Waals surface area contributed by atoms with Crippen LogP contribution < -0.4 is 16.0 Å². The normalized spacial score (nSPS) is 15.0. The van der Waals surface area contributed by atoms with Gasteiger partial charge < -0.3 is 30.1 Å². The minimum atomic E-state index is -0.671. The third-order valence-electron chi connectivity index (χ3n) is 7.69. The second-order valence-electron chi connectivity index (χ2n) is 10.5. The van der Waals surface area contributed by atoms with E-state index in [0.29, 0.717) is 59.1 Å². The number of nitrogens with one attached hydrogen (secondary N) is 1. The SMILES string of the molecule is Cc1nc(CNc2nc(N3CC(N(C)C)C3)nc3c(F)c(-c4ncc(F)c5sc(N)c(C#N)c45)c4c(c23)COC4)no1. The highest BCUT2D eigenvalue weighted by Gasteiger charge is 2.34. The number of benzene rings is 1. The lowest BCUT2D eigenvalue weighted by Gasteiger charge is -2.42. The van der Waals surface area contributed by atoms with Gasteiger partial charge in [-0.1, -0.05) is 5.16 Å². The van der Waals surface area contributed by atoms with Crippen molar-refractivity contribution >= 4 is 49.1 Å². The summed E-state index contributed by atoms with van der Waals surface area (Å²) < 4.78 is 42.8. The van der Waals surface area contributed by atoms with Gasteiger partial charge in [0, 0.05) is 37.0 Å². The molecule has 4 aromatic heterocycles. The average Bonchev–Trinajstić information content (AvgIpc) is 3.66. The number of nitrogens with two attached hydrogens (primary N) is 1. The highest BCUT2D eigenvalue weighted by Crippen LogP contribution is 2.46. The number of nitrogen functional groups attached to an aromatic ring is 1. The van der Waals surface area contributed by atoms with Crippen LogP contribution in [0.25, 0.3) is 32.2 Å². The van der Waals surface area contributed by atoms with Gasteiger partial charge >= 0.3 is 0 Å². The van der Waals surface area contributed by atoms with Gasteiger partial charge in [-0.2, -0.15) is 15.2 Å². The molecule has 2 aliphatic rings. The van der Waals surface area contributed by atoms with E-state index in [1.807, 2.05) is 25.1 Å². The molecule has 5 aromatic rings. The Bertz CT molecular complexity index is 1940. The average molecular weight is 591 g/mol. The van der Waals surface area contributed by atoms with Crippen LogP contribution in [-0.4, -0.2) is 63.2 Å². The molecule has 1 fully saturated rings. The fourth-order valence-electron chi connectivity index (χ4n) is 5.45. The quantitative estimate of drug-likeness (QED) is 0.296. The summed E-state index contributed by atoms with van der Waals surface area (Å²) in [6.45, 7) is 3.48. The Hall–Kier alpha value is -4.52. The number of rotatable bonds is 6. The van der Waals surface area contributed by atoms with Gasteiger partial charge in [-0.3, -0.25) is 4.98 Å². The zero-order chi connectivity index (χ0) is 29.3. The molecule has 0 atom stereocenters. The van der Waals surface area contributed by atoms with E-state index in [0.717, 1.165) is 17.5 Å². The molecule has 15 heteroatoms. The fourth-order valence-corrected chi connectivity index (χ4v) is 6.37. The minimum Gasteiger partial charge on any atom is -0.389 e. The number of likely N-dealkylation sites (N-methyl/N-ethyl adjacent to an activating group) is 1. The first-order valence-corrected chi connectivity index (χ1v) is 13.9. The van der Waals surface area contributed by atoms with Crippen molar-refractivity contribution in [2.45, 2.75) is 32.7 Å². The molecule has 12 nitrogen and oxygen atoms in total. The van der Waals surface area contributed by atoms with E-state index in [2.05, 4.69) is 25.3 Å². The van der Waals surface area contributed by atoms with E-state index in [9.17, 15) is 9.65 Å². The molecule has 2 aliphatic heterocycles. The topological polar surface area (TPSA) is 155 Å². The Morgan fingerprint density at radius 2 is 1.98 bits per heavy atom. The van der Waals surface area contributed by atoms with E-state index in [4.69, 9.17) is 25.0 Å². The smallest absolute Gasteiger partial charge is 0.228 e. The zero-order valence-corrected chi connectivity index (χ0v) is 23.6. The predicted octanol–water partition coefficient (Wildman–Crippen LogP) is 3.72. The van der Waals surface area contributed by atoms with Crippen LogP contribution in [-0.2, 0) is 24.5 Å². The summed E-state index contributed by atoms with van der Waals surface area (Å²) in [5.41, 5.74) is 7.60. The van der Waals surface area contributed by atoms with Crippen LogP contribution in [0, 0.1) is 29.9 Å². The number of fused-ring (bicyclic) bond motifs is 4. The third kappa shape index (κ3) is 4.02. The van der Waals surface area contributed by atoms with Gasteiger partial charge in [0.15, 0.2) is 17.5 Å². The molecule has 42 heavy (non-hydrogen) atoms. The van der Waals surface area contributed by atoms with E-state index in [1.165, 1.54) is 0 Å². The summed E-state index contributed by atoms with van der Waals surface area (Å²) in [7, 11) is 4.00. The number of nitrogens with zero attached hydrogens (tertiary/aromatic N) is 8. The second kappa shape index (κ2) is 9.79. The van der Waals surface area contributed by atoms with E-state index in [1.54, 1.807) is 6.92 Å². The first-order valence-electron chi connectivity index (χ1n) is 13.1. The highest BCUT2D eigenvalue weighted by molar-refractivity contribution is 7.23. The summed E-state index contributed by atoms with van der Waals surface area (Å²) in [4.78, 5) is 22.1. The van der Waals surface area contributed by atoms with Gasteiger partial charge in [-0.25, -0.2) is 13.8 Å². The van der Waals surface area contributed by atoms with E-state index >= 15 is 4.39 Å². The number of thiophene rings is 1. The summed E-state index contributed by atoms with van der Waals surface area (Å²) in [5, 5.41) is 17.8. The minimum absolute atomic E-state index is 0.0559.